The largest absolute Gasteiger partial charge is 0.306 e. The first-order valence-corrected chi connectivity index (χ1v) is 11.2. The number of hydrogen-bond acceptors (Lipinski definition) is 5. The van der Waals surface area contributed by atoms with Gasteiger partial charge >= 0.3 is 0 Å². The normalized spacial score (nSPS) is 18.8. The number of para-hydroxylation sites is 1. The van der Waals surface area contributed by atoms with Crippen molar-refractivity contribution < 1.29 is 9.59 Å². The molecule has 2 aromatic heterocycles. The lowest BCUT2D eigenvalue weighted by molar-refractivity contribution is 0.0370. The van der Waals surface area contributed by atoms with Crippen molar-refractivity contribution in [2.24, 2.45) is 0 Å². The molecule has 0 N–H and O–H groups in total. The van der Waals surface area contributed by atoms with E-state index in [1.165, 1.54) is 4.80 Å². The monoisotopic (exact) mass is 470 g/mol. The molecule has 1 fully saturated rings. The smallest absolute Gasteiger partial charge is 0.278 e. The molecular weight excluding hydrogens is 452 g/mol. The Morgan fingerprint density at radius 1 is 1.00 bits per heavy atom. The maximum atomic E-state index is 14.0. The number of fused-ring (bicyclic) bond motifs is 3. The zero-order chi connectivity index (χ0) is 23.4. The Morgan fingerprint density at radius 3 is 2.53 bits per heavy atom. The summed E-state index contributed by atoms with van der Waals surface area (Å²) in [6.45, 7) is 2.49. The highest BCUT2D eigenvalue weighted by Gasteiger charge is 2.60. The van der Waals surface area contributed by atoms with Gasteiger partial charge in [0.15, 0.2) is 11.4 Å². The van der Waals surface area contributed by atoms with Gasteiger partial charge in [0.1, 0.15) is 0 Å². The summed E-state index contributed by atoms with van der Waals surface area (Å²) in [6.07, 6.45) is 3.26. The van der Waals surface area contributed by atoms with Gasteiger partial charge in [0.05, 0.1) is 16.9 Å². The van der Waals surface area contributed by atoms with Gasteiger partial charge in [-0.05, 0) is 37.3 Å². The van der Waals surface area contributed by atoms with E-state index in [4.69, 9.17) is 11.6 Å². The maximum absolute atomic E-state index is 14.0. The zero-order valence-corrected chi connectivity index (χ0v) is 19.0. The summed E-state index contributed by atoms with van der Waals surface area (Å²) < 4.78 is 0. The molecule has 168 valence electrons. The first-order chi connectivity index (χ1) is 16.5. The molecule has 1 saturated heterocycles. The number of nitrogens with zero attached hydrogens (tertiary/aromatic N) is 6. The molecule has 9 heteroatoms. The predicted molar refractivity (Wildman–Crippen MR) is 125 cm³/mol. The van der Waals surface area contributed by atoms with E-state index in [9.17, 15) is 9.59 Å². The number of halogens is 1. The average Bonchev–Trinajstić information content (AvgIpc) is 3.52. The van der Waals surface area contributed by atoms with Gasteiger partial charge in [-0.1, -0.05) is 41.9 Å². The van der Waals surface area contributed by atoms with E-state index in [0.29, 0.717) is 34.9 Å². The Kier molecular flexibility index (Phi) is 4.53. The fourth-order valence-electron chi connectivity index (χ4n) is 4.99. The van der Waals surface area contributed by atoms with Crippen LogP contribution in [0.4, 0.5) is 0 Å². The van der Waals surface area contributed by atoms with Crippen LogP contribution < -0.4 is 0 Å². The lowest BCUT2D eigenvalue weighted by Crippen LogP contribution is -2.51. The Hall–Kier alpha value is -4.04. The molecule has 2 aliphatic heterocycles. The molecule has 0 spiro atoms. The van der Waals surface area contributed by atoms with E-state index < -0.39 is 5.66 Å². The van der Waals surface area contributed by atoms with E-state index in [2.05, 4.69) is 15.2 Å². The Bertz CT molecular complexity index is 1440. The second kappa shape index (κ2) is 7.50. The lowest BCUT2D eigenvalue weighted by atomic mass is 9.91. The molecule has 0 saturated carbocycles. The molecule has 4 aromatic rings. The van der Waals surface area contributed by atoms with Crippen LogP contribution in [0.1, 0.15) is 37.7 Å². The number of aromatic nitrogens is 4. The summed E-state index contributed by atoms with van der Waals surface area (Å²) in [4.78, 5) is 36.6. The average molecular weight is 471 g/mol. The van der Waals surface area contributed by atoms with Crippen molar-refractivity contribution in [3.05, 3.63) is 106 Å². The minimum atomic E-state index is -1.13. The van der Waals surface area contributed by atoms with Crippen LogP contribution in [0, 0.1) is 6.92 Å². The van der Waals surface area contributed by atoms with Gasteiger partial charge in [-0.2, -0.15) is 9.90 Å². The minimum Gasteiger partial charge on any atom is -0.306 e. The summed E-state index contributed by atoms with van der Waals surface area (Å²) in [6, 6.07) is 18.4. The summed E-state index contributed by atoms with van der Waals surface area (Å²) in [7, 11) is 0. The Balaban J connectivity index is 1.52. The van der Waals surface area contributed by atoms with Gasteiger partial charge in [-0.25, -0.2) is 0 Å². The van der Waals surface area contributed by atoms with Gasteiger partial charge in [-0.15, -0.1) is 5.10 Å². The van der Waals surface area contributed by atoms with Crippen LogP contribution in [-0.4, -0.2) is 54.7 Å². The zero-order valence-electron chi connectivity index (χ0n) is 18.2. The summed E-state index contributed by atoms with van der Waals surface area (Å²) in [5, 5.41) is 9.57. The molecule has 2 amide bonds. The van der Waals surface area contributed by atoms with Crippen LogP contribution in [0.25, 0.3) is 5.69 Å². The summed E-state index contributed by atoms with van der Waals surface area (Å²) in [5.41, 5.74) is 2.33. The molecule has 8 nitrogen and oxygen atoms in total. The third-order valence-electron chi connectivity index (χ3n) is 6.46. The number of rotatable bonds is 3. The SMILES string of the molecule is Cc1nn(-c2ccccc2)nc1C(=O)N1CCN2C(=O)c3ccncc3C21c1ccc(Cl)cc1. The number of hydrogen-bond donors (Lipinski definition) is 0. The molecule has 0 bridgehead atoms. The fraction of sp³-hybridized carbons (Fsp3) is 0.160. The molecule has 34 heavy (non-hydrogen) atoms. The van der Waals surface area contributed by atoms with E-state index >= 15 is 0 Å². The number of benzene rings is 2. The van der Waals surface area contributed by atoms with E-state index in [1.54, 1.807) is 47.3 Å². The molecule has 4 heterocycles. The van der Waals surface area contributed by atoms with Gasteiger partial charge < -0.3 is 9.80 Å². The molecule has 1 unspecified atom stereocenters. The van der Waals surface area contributed by atoms with E-state index in [1.807, 2.05) is 42.5 Å². The third-order valence-corrected chi connectivity index (χ3v) is 6.72. The second-order valence-electron chi connectivity index (χ2n) is 8.27. The van der Waals surface area contributed by atoms with E-state index in [-0.39, 0.29) is 17.5 Å². The number of pyridine rings is 1. The number of carbonyl (C=O) groups excluding carboxylic acids is 2. The molecule has 1 atom stereocenters. The first kappa shape index (κ1) is 20.6. The molecule has 0 aliphatic carbocycles. The fourth-order valence-corrected chi connectivity index (χ4v) is 5.12. The van der Waals surface area contributed by atoms with Crippen molar-refractivity contribution in [3.63, 3.8) is 0 Å². The molecule has 2 aliphatic rings. The van der Waals surface area contributed by atoms with Gasteiger partial charge in [0.25, 0.3) is 11.8 Å². The molecule has 0 radical (unpaired) electrons. The number of carbonyl (C=O) groups is 2. The maximum Gasteiger partial charge on any atom is 0.278 e. The van der Waals surface area contributed by atoms with Crippen LogP contribution in [0.15, 0.2) is 73.1 Å². The van der Waals surface area contributed by atoms with Crippen molar-refractivity contribution in [2.75, 3.05) is 13.1 Å². The highest BCUT2D eigenvalue weighted by Crippen LogP contribution is 2.49. The van der Waals surface area contributed by atoms with Crippen molar-refractivity contribution >= 4 is 23.4 Å². The van der Waals surface area contributed by atoms with Crippen LogP contribution in [0.5, 0.6) is 0 Å². The predicted octanol–water partition coefficient (Wildman–Crippen LogP) is 3.44. The highest BCUT2D eigenvalue weighted by molar-refractivity contribution is 6.30. The number of aryl methyl sites for hydroxylation is 1. The summed E-state index contributed by atoms with van der Waals surface area (Å²) in [5.74, 6) is -0.436. The van der Waals surface area contributed by atoms with Crippen LogP contribution >= 0.6 is 11.6 Å². The molecule has 6 rings (SSSR count). The topological polar surface area (TPSA) is 84.2 Å². The second-order valence-corrected chi connectivity index (χ2v) is 8.71. The van der Waals surface area contributed by atoms with Crippen LogP contribution in [0.3, 0.4) is 0 Å². The minimum absolute atomic E-state index is 0.132. The summed E-state index contributed by atoms with van der Waals surface area (Å²) >= 11 is 6.17. The van der Waals surface area contributed by atoms with Crippen molar-refractivity contribution in [1.29, 1.82) is 0 Å². The molecular formula is C25H19ClN6O2. The van der Waals surface area contributed by atoms with Crippen molar-refractivity contribution in [1.82, 2.24) is 29.8 Å². The van der Waals surface area contributed by atoms with Crippen LogP contribution in [0.2, 0.25) is 5.02 Å². The van der Waals surface area contributed by atoms with Crippen molar-refractivity contribution in [3.8, 4) is 5.69 Å². The first-order valence-electron chi connectivity index (χ1n) is 10.9. The highest BCUT2D eigenvalue weighted by atomic mass is 35.5. The van der Waals surface area contributed by atoms with Gasteiger partial charge in [-0.3, -0.25) is 14.6 Å². The van der Waals surface area contributed by atoms with E-state index in [0.717, 1.165) is 11.3 Å². The standard InChI is InChI=1S/C25H19ClN6O2/c1-16-22(29-32(28-16)19-5-3-2-4-6-19)24(34)31-14-13-30-23(33)20-11-12-27-15-21(20)25(30,31)17-7-9-18(26)10-8-17/h2-12,15H,13-14H2,1H3. The Morgan fingerprint density at radius 2 is 1.76 bits per heavy atom. The quantitative estimate of drug-likeness (QED) is 0.458. The third kappa shape index (κ3) is 2.75. The van der Waals surface area contributed by atoms with Gasteiger partial charge in [0.2, 0.25) is 0 Å². The number of amides is 2. The van der Waals surface area contributed by atoms with Crippen molar-refractivity contribution in [2.45, 2.75) is 12.6 Å². The van der Waals surface area contributed by atoms with Gasteiger partial charge in [0, 0.05) is 41.6 Å². The molecule has 2 aromatic carbocycles. The van der Waals surface area contributed by atoms with Crippen LogP contribution in [-0.2, 0) is 5.66 Å². The lowest BCUT2D eigenvalue weighted by Gasteiger charge is -2.40. The Labute approximate surface area is 200 Å².